The van der Waals surface area contributed by atoms with Gasteiger partial charge in [-0.1, -0.05) is 0 Å². The van der Waals surface area contributed by atoms with Crippen molar-refractivity contribution in [3.8, 4) is 5.75 Å². The molecule has 114 valence electrons. The molecule has 0 saturated heterocycles. The van der Waals surface area contributed by atoms with Crippen LogP contribution in [0.4, 0.5) is 5.69 Å². The molecule has 0 aliphatic heterocycles. The molecule has 1 aromatic heterocycles. The number of sulfonamides is 1. The fourth-order valence-electron chi connectivity index (χ4n) is 2.01. The van der Waals surface area contributed by atoms with Crippen LogP contribution in [0.1, 0.15) is 12.6 Å². The van der Waals surface area contributed by atoms with E-state index >= 15 is 0 Å². The molecule has 0 aliphatic rings. The van der Waals surface area contributed by atoms with Crippen LogP contribution in [0.3, 0.4) is 0 Å². The highest BCUT2D eigenvalue weighted by Gasteiger charge is 2.17. The second kappa shape index (κ2) is 6.19. The molecule has 0 spiro atoms. The lowest BCUT2D eigenvalue weighted by Gasteiger charge is -2.07. The number of aryl methyl sites for hydroxylation is 1. The Hall–Kier alpha value is -1.99. The van der Waals surface area contributed by atoms with Crippen LogP contribution in [0.2, 0.25) is 0 Å². The smallest absolute Gasteiger partial charge is 0.263 e. The minimum absolute atomic E-state index is 0.209. The Morgan fingerprint density at radius 2 is 1.95 bits per heavy atom. The van der Waals surface area contributed by atoms with E-state index in [1.54, 1.807) is 43.6 Å². The lowest BCUT2D eigenvalue weighted by atomic mass is 10.3. The lowest BCUT2D eigenvalue weighted by molar-refractivity contribution is 0.415. The third-order valence-corrected chi connectivity index (χ3v) is 4.51. The van der Waals surface area contributed by atoms with Gasteiger partial charge in [0.25, 0.3) is 10.0 Å². The number of nitrogens with one attached hydrogen (secondary N) is 1. The largest absolute Gasteiger partial charge is 0.497 e. The van der Waals surface area contributed by atoms with Crippen LogP contribution in [0, 0.1) is 0 Å². The van der Waals surface area contributed by atoms with Crippen molar-refractivity contribution in [3.63, 3.8) is 0 Å². The van der Waals surface area contributed by atoms with Crippen LogP contribution >= 0.6 is 0 Å². The Balaban J connectivity index is 2.26. The maximum absolute atomic E-state index is 12.4. The van der Waals surface area contributed by atoms with E-state index < -0.39 is 10.0 Å². The van der Waals surface area contributed by atoms with Crippen LogP contribution in [-0.2, 0) is 23.1 Å². The minimum Gasteiger partial charge on any atom is -0.497 e. The van der Waals surface area contributed by atoms with E-state index in [2.05, 4.69) is 4.72 Å². The molecule has 1 aromatic carbocycles. The van der Waals surface area contributed by atoms with Crippen molar-refractivity contribution < 1.29 is 13.2 Å². The number of anilines is 1. The lowest BCUT2D eigenvalue weighted by Crippen LogP contribution is -2.12. The van der Waals surface area contributed by atoms with Crippen LogP contribution in [-0.4, -0.2) is 20.1 Å². The van der Waals surface area contributed by atoms with Crippen LogP contribution in [0.15, 0.2) is 41.4 Å². The van der Waals surface area contributed by atoms with Gasteiger partial charge in [-0.25, -0.2) is 8.42 Å². The van der Waals surface area contributed by atoms with E-state index in [1.165, 1.54) is 0 Å². The van der Waals surface area contributed by atoms with E-state index in [1.807, 2.05) is 11.5 Å². The number of nitrogens with two attached hydrogens (primary N) is 1. The van der Waals surface area contributed by atoms with Gasteiger partial charge < -0.3 is 15.0 Å². The van der Waals surface area contributed by atoms with Crippen molar-refractivity contribution in [1.29, 1.82) is 0 Å². The van der Waals surface area contributed by atoms with Crippen LogP contribution in [0.25, 0.3) is 0 Å². The maximum Gasteiger partial charge on any atom is 0.263 e. The first kappa shape index (κ1) is 15.4. The molecule has 3 N–H and O–H groups in total. The quantitative estimate of drug-likeness (QED) is 0.851. The summed E-state index contributed by atoms with van der Waals surface area (Å²) >= 11 is 0. The third-order valence-electron chi connectivity index (χ3n) is 3.16. The summed E-state index contributed by atoms with van der Waals surface area (Å²) in [7, 11) is -2.07. The molecule has 0 amide bonds. The van der Waals surface area contributed by atoms with E-state index in [0.717, 1.165) is 5.69 Å². The molecule has 0 saturated carbocycles. The molecule has 2 aromatic rings. The standard InChI is InChI=1S/C14H19N3O3S/c1-3-17-10-14(8-12(17)9-15)21(18,19)16-11-4-6-13(20-2)7-5-11/h4-8,10,16H,3,9,15H2,1-2H3. The van der Waals surface area contributed by atoms with Crippen molar-refractivity contribution >= 4 is 15.7 Å². The van der Waals surface area contributed by atoms with E-state index in [-0.39, 0.29) is 4.90 Å². The summed E-state index contributed by atoms with van der Waals surface area (Å²) in [5, 5.41) is 0. The Morgan fingerprint density at radius 1 is 1.29 bits per heavy atom. The molecule has 0 fully saturated rings. The van der Waals surface area contributed by atoms with Crippen molar-refractivity contribution in [1.82, 2.24) is 4.57 Å². The highest BCUT2D eigenvalue weighted by Crippen LogP contribution is 2.20. The average molecular weight is 309 g/mol. The van der Waals surface area contributed by atoms with Gasteiger partial charge in [0.2, 0.25) is 0 Å². The molecule has 2 rings (SSSR count). The molecule has 7 heteroatoms. The summed E-state index contributed by atoms with van der Waals surface area (Å²) < 4.78 is 34.1. The zero-order valence-corrected chi connectivity index (χ0v) is 12.9. The fraction of sp³-hybridized carbons (Fsp3) is 0.286. The highest BCUT2D eigenvalue weighted by atomic mass is 32.2. The summed E-state index contributed by atoms with van der Waals surface area (Å²) in [5.41, 5.74) is 6.88. The first-order valence-corrected chi connectivity index (χ1v) is 8.04. The van der Waals surface area contributed by atoms with Gasteiger partial charge in [-0.05, 0) is 37.3 Å². The maximum atomic E-state index is 12.4. The van der Waals surface area contributed by atoms with E-state index in [0.29, 0.717) is 24.5 Å². The molecule has 1 heterocycles. The Morgan fingerprint density at radius 3 is 2.43 bits per heavy atom. The van der Waals surface area contributed by atoms with E-state index in [4.69, 9.17) is 10.5 Å². The third kappa shape index (κ3) is 3.37. The minimum atomic E-state index is -3.62. The Kier molecular flexibility index (Phi) is 4.54. The zero-order valence-electron chi connectivity index (χ0n) is 12.0. The summed E-state index contributed by atoms with van der Waals surface area (Å²) in [4.78, 5) is 0.209. The van der Waals surface area contributed by atoms with Crippen molar-refractivity contribution in [2.75, 3.05) is 11.8 Å². The van der Waals surface area contributed by atoms with Crippen molar-refractivity contribution in [2.45, 2.75) is 24.9 Å². The first-order chi connectivity index (χ1) is 10.00. The van der Waals surface area contributed by atoms with Gasteiger partial charge in [-0.15, -0.1) is 0 Å². The van der Waals surface area contributed by atoms with Gasteiger partial charge in [0.05, 0.1) is 7.11 Å². The predicted molar refractivity (Wildman–Crippen MR) is 81.8 cm³/mol. The van der Waals surface area contributed by atoms with Crippen molar-refractivity contribution in [2.24, 2.45) is 5.73 Å². The summed E-state index contributed by atoms with van der Waals surface area (Å²) in [6.45, 7) is 2.91. The number of aromatic nitrogens is 1. The molecule has 0 atom stereocenters. The normalized spacial score (nSPS) is 11.4. The predicted octanol–water partition coefficient (Wildman–Crippen LogP) is 1.78. The molecular weight excluding hydrogens is 290 g/mol. The summed E-state index contributed by atoms with van der Waals surface area (Å²) in [5.74, 6) is 0.667. The number of rotatable bonds is 6. The molecule has 0 bridgehead atoms. The summed E-state index contributed by atoms with van der Waals surface area (Å²) in [6, 6.07) is 8.28. The average Bonchev–Trinajstić information content (AvgIpc) is 2.92. The van der Waals surface area contributed by atoms with Gasteiger partial charge in [-0.3, -0.25) is 4.72 Å². The number of nitrogens with zero attached hydrogens (tertiary/aromatic N) is 1. The van der Waals surface area contributed by atoms with Gasteiger partial charge in [0, 0.05) is 30.7 Å². The van der Waals surface area contributed by atoms with Gasteiger partial charge in [-0.2, -0.15) is 0 Å². The molecule has 0 aliphatic carbocycles. The van der Waals surface area contributed by atoms with E-state index in [9.17, 15) is 8.42 Å². The fourth-order valence-corrected chi connectivity index (χ4v) is 3.13. The monoisotopic (exact) mass is 309 g/mol. The number of ether oxygens (including phenoxy) is 1. The molecule has 21 heavy (non-hydrogen) atoms. The second-order valence-electron chi connectivity index (χ2n) is 4.49. The number of hydrogen-bond acceptors (Lipinski definition) is 4. The van der Waals surface area contributed by atoms with Crippen molar-refractivity contribution in [3.05, 3.63) is 42.2 Å². The Bertz CT molecular complexity index is 684. The summed E-state index contributed by atoms with van der Waals surface area (Å²) in [6.07, 6.45) is 1.59. The molecular formula is C14H19N3O3S. The zero-order chi connectivity index (χ0) is 15.5. The molecule has 6 nitrogen and oxygen atoms in total. The first-order valence-electron chi connectivity index (χ1n) is 6.56. The second-order valence-corrected chi connectivity index (χ2v) is 6.17. The SMILES string of the molecule is CCn1cc(S(=O)(=O)Nc2ccc(OC)cc2)cc1CN. The number of hydrogen-bond donors (Lipinski definition) is 2. The highest BCUT2D eigenvalue weighted by molar-refractivity contribution is 7.92. The van der Waals surface area contributed by atoms with Crippen LogP contribution in [0.5, 0.6) is 5.75 Å². The topological polar surface area (TPSA) is 86.3 Å². The number of benzene rings is 1. The molecule has 0 unspecified atom stereocenters. The van der Waals surface area contributed by atoms with Crippen LogP contribution < -0.4 is 15.2 Å². The Labute approximate surface area is 124 Å². The van der Waals surface area contributed by atoms with Gasteiger partial charge >= 0.3 is 0 Å². The molecule has 0 radical (unpaired) electrons. The van der Waals surface area contributed by atoms with Gasteiger partial charge in [0.15, 0.2) is 0 Å². The number of methoxy groups -OCH3 is 1. The van der Waals surface area contributed by atoms with Gasteiger partial charge in [0.1, 0.15) is 10.6 Å².